The Morgan fingerprint density at radius 2 is 2.00 bits per heavy atom. The van der Waals surface area contributed by atoms with Gasteiger partial charge in [-0.3, -0.25) is 9.59 Å². The third-order valence-electron chi connectivity index (χ3n) is 3.34. The van der Waals surface area contributed by atoms with Crippen LogP contribution in [0.5, 0.6) is 5.75 Å². The largest absolute Gasteiger partial charge is 0.495 e. The van der Waals surface area contributed by atoms with Gasteiger partial charge in [0.25, 0.3) is 11.5 Å². The maximum atomic E-state index is 12.7. The molecule has 2 rings (SSSR count). The van der Waals surface area contributed by atoms with Crippen LogP contribution in [0.15, 0.2) is 29.1 Å². The number of aryl methyl sites for hydroxylation is 1. The van der Waals surface area contributed by atoms with Gasteiger partial charge in [-0.1, -0.05) is 12.1 Å². The van der Waals surface area contributed by atoms with Crippen molar-refractivity contribution < 1.29 is 9.53 Å². The molecule has 2 aromatic rings. The van der Waals surface area contributed by atoms with Crippen LogP contribution in [-0.4, -0.2) is 23.1 Å². The lowest BCUT2D eigenvalue weighted by atomic mass is 10.1. The number of hydrogen-bond acceptors (Lipinski definition) is 3. The maximum absolute atomic E-state index is 12.7. The normalized spacial score (nSPS) is 11.5. The fraction of sp³-hybridized carbons (Fsp3) is 0.412. The molecular weight excluding hydrogens is 280 g/mol. The molecule has 1 amide bonds. The molecule has 0 saturated heterocycles. The highest BCUT2D eigenvalue weighted by Crippen LogP contribution is 2.24. The van der Waals surface area contributed by atoms with Gasteiger partial charge in [-0.05, 0) is 39.8 Å². The van der Waals surface area contributed by atoms with Crippen LogP contribution in [0.3, 0.4) is 0 Å². The van der Waals surface area contributed by atoms with Crippen LogP contribution in [0.1, 0.15) is 38.1 Å². The molecule has 0 aliphatic rings. The van der Waals surface area contributed by atoms with Gasteiger partial charge in [0.05, 0.1) is 12.6 Å². The van der Waals surface area contributed by atoms with Gasteiger partial charge in [0.2, 0.25) is 0 Å². The minimum atomic E-state index is -0.399. The van der Waals surface area contributed by atoms with Crippen LogP contribution in [0, 0.1) is 0 Å². The third kappa shape index (κ3) is 2.98. The Morgan fingerprint density at radius 1 is 1.32 bits per heavy atom. The fourth-order valence-corrected chi connectivity index (χ4v) is 2.45. The lowest BCUT2D eigenvalue weighted by Gasteiger charge is -2.21. The molecule has 1 aromatic carbocycles. The molecule has 0 radical (unpaired) electrons. The van der Waals surface area contributed by atoms with E-state index in [0.717, 1.165) is 5.39 Å². The first kappa shape index (κ1) is 16.1. The number of ether oxygens (including phenoxy) is 1. The van der Waals surface area contributed by atoms with Crippen molar-refractivity contribution >= 4 is 16.8 Å². The van der Waals surface area contributed by atoms with Gasteiger partial charge in [-0.2, -0.15) is 0 Å². The number of fused-ring (bicyclic) bond motifs is 1. The number of aromatic nitrogens is 1. The summed E-state index contributed by atoms with van der Waals surface area (Å²) in [6.45, 7) is 7.99. The lowest BCUT2D eigenvalue weighted by Crippen LogP contribution is -2.43. The summed E-state index contributed by atoms with van der Waals surface area (Å²) in [6.07, 6.45) is 0. The molecule has 0 aliphatic heterocycles. The first-order valence-corrected chi connectivity index (χ1v) is 7.31. The maximum Gasteiger partial charge on any atom is 0.263 e. The van der Waals surface area contributed by atoms with Crippen molar-refractivity contribution in [2.45, 2.75) is 39.8 Å². The van der Waals surface area contributed by atoms with Crippen LogP contribution in [0.4, 0.5) is 0 Å². The molecule has 1 aromatic heterocycles. The highest BCUT2D eigenvalue weighted by Gasteiger charge is 2.20. The van der Waals surface area contributed by atoms with E-state index >= 15 is 0 Å². The molecule has 0 bridgehead atoms. The fourth-order valence-electron chi connectivity index (χ4n) is 2.45. The average molecular weight is 302 g/mol. The van der Waals surface area contributed by atoms with Crippen molar-refractivity contribution in [1.82, 2.24) is 9.88 Å². The van der Waals surface area contributed by atoms with Gasteiger partial charge in [0.1, 0.15) is 11.3 Å². The van der Waals surface area contributed by atoms with E-state index in [-0.39, 0.29) is 17.0 Å². The van der Waals surface area contributed by atoms with Crippen molar-refractivity contribution in [3.05, 3.63) is 40.2 Å². The SMILES string of the molecule is CCn1c(=O)c(C(=O)NC(C)(C)C)cc2cccc(OC)c21. The third-order valence-corrected chi connectivity index (χ3v) is 3.34. The van der Waals surface area contributed by atoms with Crippen LogP contribution in [0.2, 0.25) is 0 Å². The molecule has 0 saturated carbocycles. The number of nitrogens with one attached hydrogen (secondary N) is 1. The molecule has 1 heterocycles. The minimum absolute atomic E-state index is 0.150. The Morgan fingerprint density at radius 3 is 2.55 bits per heavy atom. The number of amides is 1. The molecule has 0 aliphatic carbocycles. The Hall–Kier alpha value is -2.30. The molecule has 5 heteroatoms. The smallest absolute Gasteiger partial charge is 0.263 e. The zero-order chi connectivity index (χ0) is 16.5. The summed E-state index contributed by atoms with van der Waals surface area (Å²) in [5.74, 6) is 0.267. The lowest BCUT2D eigenvalue weighted by molar-refractivity contribution is 0.0917. The molecule has 0 spiro atoms. The van der Waals surface area contributed by atoms with Crippen molar-refractivity contribution in [3.63, 3.8) is 0 Å². The van der Waals surface area contributed by atoms with Crippen molar-refractivity contribution in [1.29, 1.82) is 0 Å². The molecule has 118 valence electrons. The number of pyridine rings is 1. The predicted octanol–water partition coefficient (Wildman–Crippen LogP) is 2.56. The first-order valence-electron chi connectivity index (χ1n) is 7.31. The van der Waals surface area contributed by atoms with E-state index in [2.05, 4.69) is 5.32 Å². The summed E-state index contributed by atoms with van der Waals surface area (Å²) in [5.41, 5.74) is 0.160. The topological polar surface area (TPSA) is 60.3 Å². The summed E-state index contributed by atoms with van der Waals surface area (Å²) >= 11 is 0. The van der Waals surface area contributed by atoms with E-state index in [0.29, 0.717) is 17.8 Å². The molecule has 0 fully saturated rings. The predicted molar refractivity (Wildman–Crippen MR) is 87.7 cm³/mol. The average Bonchev–Trinajstić information content (AvgIpc) is 2.44. The number of carbonyl (C=O) groups excluding carboxylic acids is 1. The number of benzene rings is 1. The van der Waals surface area contributed by atoms with Crippen molar-refractivity contribution in [2.24, 2.45) is 0 Å². The Labute approximate surface area is 129 Å². The van der Waals surface area contributed by atoms with E-state index in [9.17, 15) is 9.59 Å². The number of para-hydroxylation sites is 1. The van der Waals surface area contributed by atoms with Gasteiger partial charge in [0.15, 0.2) is 0 Å². The first-order chi connectivity index (χ1) is 10.3. The van der Waals surface area contributed by atoms with Gasteiger partial charge in [-0.15, -0.1) is 0 Å². The van der Waals surface area contributed by atoms with E-state index in [1.807, 2.05) is 45.9 Å². The second-order valence-electron chi connectivity index (χ2n) is 6.21. The summed E-state index contributed by atoms with van der Waals surface area (Å²) in [6, 6.07) is 7.16. The van der Waals surface area contributed by atoms with Gasteiger partial charge >= 0.3 is 0 Å². The molecule has 22 heavy (non-hydrogen) atoms. The Kier molecular flexibility index (Phi) is 4.26. The zero-order valence-electron chi connectivity index (χ0n) is 13.7. The molecule has 1 N–H and O–H groups in total. The van der Waals surface area contributed by atoms with Gasteiger partial charge in [-0.25, -0.2) is 0 Å². The van der Waals surface area contributed by atoms with Crippen molar-refractivity contribution in [3.8, 4) is 5.75 Å². The molecule has 5 nitrogen and oxygen atoms in total. The van der Waals surface area contributed by atoms with Crippen LogP contribution in [-0.2, 0) is 6.54 Å². The molecule has 0 atom stereocenters. The zero-order valence-corrected chi connectivity index (χ0v) is 13.7. The van der Waals surface area contributed by atoms with Crippen molar-refractivity contribution in [2.75, 3.05) is 7.11 Å². The van der Waals surface area contributed by atoms with Gasteiger partial charge in [0, 0.05) is 17.5 Å². The van der Waals surface area contributed by atoms with Gasteiger partial charge < -0.3 is 14.6 Å². The highest BCUT2D eigenvalue weighted by atomic mass is 16.5. The Balaban J connectivity index is 2.71. The second kappa shape index (κ2) is 5.83. The van der Waals surface area contributed by atoms with E-state index in [4.69, 9.17) is 4.74 Å². The standard InChI is InChI=1S/C17H22N2O3/c1-6-19-14-11(8-7-9-13(14)22-5)10-12(16(19)21)15(20)18-17(2,3)4/h7-10H,6H2,1-5H3,(H,18,20). The molecular formula is C17H22N2O3. The van der Waals surface area contributed by atoms with E-state index in [1.165, 1.54) is 0 Å². The number of nitrogens with zero attached hydrogens (tertiary/aromatic N) is 1. The number of carbonyl (C=O) groups is 1. The van der Waals surface area contributed by atoms with Crippen LogP contribution in [0.25, 0.3) is 10.9 Å². The highest BCUT2D eigenvalue weighted by molar-refractivity contribution is 5.98. The summed E-state index contributed by atoms with van der Waals surface area (Å²) in [5, 5.41) is 3.64. The van der Waals surface area contributed by atoms with E-state index in [1.54, 1.807) is 17.7 Å². The second-order valence-corrected chi connectivity index (χ2v) is 6.21. The minimum Gasteiger partial charge on any atom is -0.495 e. The number of methoxy groups -OCH3 is 1. The Bertz CT molecular complexity index is 770. The summed E-state index contributed by atoms with van der Waals surface area (Å²) < 4.78 is 6.92. The quantitative estimate of drug-likeness (QED) is 0.948. The molecule has 0 unspecified atom stereocenters. The number of hydrogen-bond donors (Lipinski definition) is 1. The summed E-state index contributed by atoms with van der Waals surface area (Å²) in [4.78, 5) is 25.0. The monoisotopic (exact) mass is 302 g/mol. The summed E-state index contributed by atoms with van der Waals surface area (Å²) in [7, 11) is 1.57. The van der Waals surface area contributed by atoms with Crippen LogP contribution >= 0.6 is 0 Å². The van der Waals surface area contributed by atoms with Crippen LogP contribution < -0.4 is 15.6 Å². The number of rotatable bonds is 3. The van der Waals surface area contributed by atoms with E-state index < -0.39 is 5.54 Å².